The van der Waals surface area contributed by atoms with Crippen molar-refractivity contribution in [2.75, 3.05) is 19.6 Å². The monoisotopic (exact) mass is 344 g/mol. The van der Waals surface area contributed by atoms with Gasteiger partial charge in [-0.15, -0.1) is 0 Å². The number of hydrogen-bond acceptors (Lipinski definition) is 4. The lowest BCUT2D eigenvalue weighted by Crippen LogP contribution is -2.55. The summed E-state index contributed by atoms with van der Waals surface area (Å²) in [4.78, 5) is 37.4. The Morgan fingerprint density at radius 1 is 1.24 bits per heavy atom. The van der Waals surface area contributed by atoms with Crippen molar-refractivity contribution < 1.29 is 9.59 Å². The number of carbonyl (C=O) groups is 2. The fraction of sp³-hybridized carbons (Fsp3) is 0.684. The molecule has 2 amide bonds. The van der Waals surface area contributed by atoms with Gasteiger partial charge in [-0.3, -0.25) is 19.6 Å². The van der Waals surface area contributed by atoms with Crippen molar-refractivity contribution in [3.63, 3.8) is 0 Å². The molecular weight excluding hydrogens is 316 g/mol. The number of amides is 2. The van der Waals surface area contributed by atoms with Gasteiger partial charge in [-0.2, -0.15) is 0 Å². The van der Waals surface area contributed by atoms with Gasteiger partial charge >= 0.3 is 0 Å². The first-order valence-corrected chi connectivity index (χ1v) is 9.23. The molecule has 1 aromatic heterocycles. The number of nitrogens with zero attached hydrogens (tertiary/aromatic N) is 4. The molecule has 0 N–H and O–H groups in total. The van der Waals surface area contributed by atoms with E-state index in [1.54, 1.807) is 12.4 Å². The summed E-state index contributed by atoms with van der Waals surface area (Å²) in [5, 5.41) is 0. The fourth-order valence-corrected chi connectivity index (χ4v) is 4.04. The van der Waals surface area contributed by atoms with Gasteiger partial charge in [0.2, 0.25) is 11.8 Å². The van der Waals surface area contributed by atoms with Gasteiger partial charge in [0.15, 0.2) is 0 Å². The maximum Gasteiger partial charge on any atom is 0.225 e. The van der Waals surface area contributed by atoms with Crippen LogP contribution in [0.5, 0.6) is 0 Å². The largest absolute Gasteiger partial charge is 0.342 e. The van der Waals surface area contributed by atoms with Crippen LogP contribution in [0.3, 0.4) is 0 Å². The van der Waals surface area contributed by atoms with Gasteiger partial charge in [0.25, 0.3) is 0 Å². The molecule has 2 saturated heterocycles. The maximum atomic E-state index is 12.4. The molecule has 6 heteroatoms. The topological polar surface area (TPSA) is 66.4 Å². The van der Waals surface area contributed by atoms with E-state index in [4.69, 9.17) is 0 Å². The predicted octanol–water partition coefficient (Wildman–Crippen LogP) is 2.17. The van der Waals surface area contributed by atoms with Crippen LogP contribution < -0.4 is 0 Å². The van der Waals surface area contributed by atoms with Gasteiger partial charge < -0.3 is 9.80 Å². The molecule has 1 unspecified atom stereocenters. The first kappa shape index (κ1) is 17.8. The van der Waals surface area contributed by atoms with E-state index < -0.39 is 0 Å². The van der Waals surface area contributed by atoms with Gasteiger partial charge in [-0.1, -0.05) is 13.8 Å². The van der Waals surface area contributed by atoms with E-state index in [0.29, 0.717) is 19.5 Å². The van der Waals surface area contributed by atoms with Crippen LogP contribution in [0.4, 0.5) is 0 Å². The van der Waals surface area contributed by atoms with Gasteiger partial charge in [0.05, 0.1) is 24.1 Å². The summed E-state index contributed by atoms with van der Waals surface area (Å²) >= 11 is 0. The van der Waals surface area contributed by atoms with Crippen molar-refractivity contribution >= 4 is 11.8 Å². The number of piperidine rings is 2. The highest BCUT2D eigenvalue weighted by molar-refractivity contribution is 5.79. The van der Waals surface area contributed by atoms with E-state index >= 15 is 0 Å². The molecule has 0 radical (unpaired) electrons. The summed E-state index contributed by atoms with van der Waals surface area (Å²) in [5.74, 6) is 0.437. The second-order valence-corrected chi connectivity index (χ2v) is 7.92. The van der Waals surface area contributed by atoms with Crippen LogP contribution in [0.15, 0.2) is 12.4 Å². The van der Waals surface area contributed by atoms with Gasteiger partial charge in [0.1, 0.15) is 0 Å². The normalized spacial score (nSPS) is 24.2. The molecule has 2 fully saturated rings. The second kappa shape index (κ2) is 7.10. The molecule has 2 aliphatic rings. The van der Waals surface area contributed by atoms with Crippen molar-refractivity contribution in [3.05, 3.63) is 23.8 Å². The molecule has 2 aliphatic heterocycles. The van der Waals surface area contributed by atoms with Crippen LogP contribution in [0.1, 0.15) is 50.9 Å². The predicted molar refractivity (Wildman–Crippen MR) is 94.5 cm³/mol. The van der Waals surface area contributed by atoms with E-state index in [2.05, 4.69) is 9.97 Å². The van der Waals surface area contributed by atoms with Gasteiger partial charge in [0, 0.05) is 43.6 Å². The molecule has 25 heavy (non-hydrogen) atoms. The Hall–Kier alpha value is -1.98. The first-order valence-electron chi connectivity index (χ1n) is 9.23. The number of aryl methyl sites for hydroxylation is 1. The highest BCUT2D eigenvalue weighted by atomic mass is 16.2. The number of rotatable bonds is 3. The number of carbonyl (C=O) groups excluding carboxylic acids is 2. The lowest BCUT2D eigenvalue weighted by Gasteiger charge is -2.48. The summed E-state index contributed by atoms with van der Waals surface area (Å²) in [5.41, 5.74) is 1.73. The molecule has 0 saturated carbocycles. The fourth-order valence-electron chi connectivity index (χ4n) is 4.04. The Morgan fingerprint density at radius 3 is 2.72 bits per heavy atom. The molecule has 0 aromatic carbocycles. The van der Waals surface area contributed by atoms with E-state index in [1.807, 2.05) is 30.6 Å². The minimum atomic E-state index is 0.0271. The number of likely N-dealkylation sites (tertiary alicyclic amines) is 2. The molecule has 0 bridgehead atoms. The summed E-state index contributed by atoms with van der Waals surface area (Å²) in [6.45, 7) is 8.64. The van der Waals surface area contributed by atoms with Crippen LogP contribution in [-0.2, 0) is 16.1 Å². The highest BCUT2D eigenvalue weighted by Gasteiger charge is 2.42. The van der Waals surface area contributed by atoms with E-state index in [-0.39, 0.29) is 23.1 Å². The molecule has 6 nitrogen and oxygen atoms in total. The van der Waals surface area contributed by atoms with Gasteiger partial charge in [-0.25, -0.2) is 0 Å². The van der Waals surface area contributed by atoms with Crippen LogP contribution in [-0.4, -0.2) is 51.2 Å². The molecule has 1 atom stereocenters. The van der Waals surface area contributed by atoms with Crippen LogP contribution in [0, 0.1) is 18.3 Å². The van der Waals surface area contributed by atoms with Crippen LogP contribution in [0.2, 0.25) is 0 Å². The lowest BCUT2D eigenvalue weighted by molar-refractivity contribution is -0.145. The Morgan fingerprint density at radius 2 is 2.04 bits per heavy atom. The summed E-state index contributed by atoms with van der Waals surface area (Å²) in [6, 6.07) is 0. The van der Waals surface area contributed by atoms with Crippen molar-refractivity contribution in [2.24, 2.45) is 11.3 Å². The molecule has 0 aliphatic carbocycles. The standard InChI is InChI=1S/C19H28N4O2/c1-14(2)18(25)22-8-4-6-19(12-22)7-5-17(24)23(13-19)11-16-10-20-15(3)9-21-16/h9-10,14H,4-8,11-13H2,1-3H3. The average Bonchev–Trinajstić information content (AvgIpc) is 2.60. The lowest BCUT2D eigenvalue weighted by atomic mass is 9.73. The zero-order valence-electron chi connectivity index (χ0n) is 15.5. The Bertz CT molecular complexity index is 643. The molecule has 3 heterocycles. The summed E-state index contributed by atoms with van der Waals surface area (Å²) in [6.07, 6.45) is 7.03. The number of aromatic nitrogens is 2. The third-order valence-corrected chi connectivity index (χ3v) is 5.40. The second-order valence-electron chi connectivity index (χ2n) is 7.92. The van der Waals surface area contributed by atoms with Gasteiger partial charge in [-0.05, 0) is 26.2 Å². The van der Waals surface area contributed by atoms with E-state index in [9.17, 15) is 9.59 Å². The third-order valence-electron chi connectivity index (χ3n) is 5.40. The Balaban J connectivity index is 1.71. The van der Waals surface area contributed by atoms with E-state index in [0.717, 1.165) is 43.7 Å². The summed E-state index contributed by atoms with van der Waals surface area (Å²) < 4.78 is 0. The molecular formula is C19H28N4O2. The minimum Gasteiger partial charge on any atom is -0.342 e. The highest BCUT2D eigenvalue weighted by Crippen LogP contribution is 2.39. The minimum absolute atomic E-state index is 0.0271. The Kier molecular flexibility index (Phi) is 5.06. The third kappa shape index (κ3) is 3.99. The van der Waals surface area contributed by atoms with Crippen LogP contribution >= 0.6 is 0 Å². The van der Waals surface area contributed by atoms with E-state index in [1.165, 1.54) is 0 Å². The molecule has 1 aromatic rings. The molecule has 136 valence electrons. The van der Waals surface area contributed by atoms with Crippen molar-refractivity contribution in [1.29, 1.82) is 0 Å². The average molecular weight is 344 g/mol. The first-order chi connectivity index (χ1) is 11.9. The van der Waals surface area contributed by atoms with Crippen molar-refractivity contribution in [1.82, 2.24) is 19.8 Å². The number of hydrogen-bond donors (Lipinski definition) is 0. The zero-order valence-corrected chi connectivity index (χ0v) is 15.5. The maximum absolute atomic E-state index is 12.4. The Labute approximate surface area is 149 Å². The zero-order chi connectivity index (χ0) is 18.0. The van der Waals surface area contributed by atoms with Crippen molar-refractivity contribution in [3.8, 4) is 0 Å². The molecule has 1 spiro atoms. The quantitative estimate of drug-likeness (QED) is 0.843. The van der Waals surface area contributed by atoms with Crippen LogP contribution in [0.25, 0.3) is 0 Å². The smallest absolute Gasteiger partial charge is 0.225 e. The molecule has 3 rings (SSSR count). The van der Waals surface area contributed by atoms with Crippen molar-refractivity contribution in [2.45, 2.75) is 53.0 Å². The SMILES string of the molecule is Cc1cnc(CN2CC3(CCCN(C(=O)C(C)C)C3)CCC2=O)cn1. The summed E-state index contributed by atoms with van der Waals surface area (Å²) in [7, 11) is 0.